The highest BCUT2D eigenvalue weighted by atomic mass is 79.9. The third-order valence-electron chi connectivity index (χ3n) is 2.03. The van der Waals surface area contributed by atoms with E-state index in [1.165, 1.54) is 4.90 Å². The van der Waals surface area contributed by atoms with Crippen molar-refractivity contribution in [1.29, 1.82) is 0 Å². The molecule has 0 spiro atoms. The summed E-state index contributed by atoms with van der Waals surface area (Å²) in [4.78, 5) is 12.4. The standard InChI is InChI=1S/C10H12BrNO2/c1-7-6-8(12(2)10(11)13)4-5-9(7)14-3/h4-6H,1-3H3. The molecule has 76 valence electrons. The first-order valence-corrected chi connectivity index (χ1v) is 4.93. The zero-order chi connectivity index (χ0) is 10.7. The quantitative estimate of drug-likeness (QED) is 0.603. The highest BCUT2D eigenvalue weighted by molar-refractivity contribution is 9.18. The number of benzene rings is 1. The highest BCUT2D eigenvalue weighted by Crippen LogP contribution is 2.24. The van der Waals surface area contributed by atoms with Gasteiger partial charge in [-0.3, -0.25) is 4.79 Å². The topological polar surface area (TPSA) is 29.5 Å². The zero-order valence-corrected chi connectivity index (χ0v) is 9.96. The van der Waals surface area contributed by atoms with Crippen LogP contribution in [0.2, 0.25) is 0 Å². The van der Waals surface area contributed by atoms with Crippen LogP contribution in [0.25, 0.3) is 0 Å². The molecule has 1 aromatic rings. The Bertz CT molecular complexity index is 352. The van der Waals surface area contributed by atoms with Crippen LogP contribution in [0, 0.1) is 6.92 Å². The molecule has 0 fully saturated rings. The lowest BCUT2D eigenvalue weighted by atomic mass is 10.2. The number of carbonyl (C=O) groups excluding carboxylic acids is 1. The molecule has 0 N–H and O–H groups in total. The van der Waals surface area contributed by atoms with E-state index in [4.69, 9.17) is 4.74 Å². The van der Waals surface area contributed by atoms with E-state index < -0.39 is 0 Å². The molecule has 0 saturated carbocycles. The van der Waals surface area contributed by atoms with Crippen molar-refractivity contribution in [2.24, 2.45) is 0 Å². The maximum atomic E-state index is 11.0. The molecule has 0 atom stereocenters. The fourth-order valence-electron chi connectivity index (χ4n) is 1.17. The van der Waals surface area contributed by atoms with Crippen LogP contribution < -0.4 is 9.64 Å². The van der Waals surface area contributed by atoms with Gasteiger partial charge in [0.25, 0.3) is 4.82 Å². The van der Waals surface area contributed by atoms with Gasteiger partial charge in [0.2, 0.25) is 0 Å². The van der Waals surface area contributed by atoms with Gasteiger partial charge in [-0.15, -0.1) is 0 Å². The molecular formula is C10H12BrNO2. The Balaban J connectivity index is 3.02. The van der Waals surface area contributed by atoms with E-state index in [9.17, 15) is 4.79 Å². The van der Waals surface area contributed by atoms with Crippen LogP contribution in [0.5, 0.6) is 5.75 Å². The Hall–Kier alpha value is -1.03. The number of amides is 1. The highest BCUT2D eigenvalue weighted by Gasteiger charge is 2.08. The first-order valence-electron chi connectivity index (χ1n) is 4.14. The fraction of sp³-hybridized carbons (Fsp3) is 0.300. The Kier molecular flexibility index (Phi) is 3.52. The summed E-state index contributed by atoms with van der Waals surface area (Å²) in [5, 5.41) is 0. The van der Waals surface area contributed by atoms with E-state index in [-0.39, 0.29) is 4.82 Å². The first kappa shape index (κ1) is 11.0. The summed E-state index contributed by atoms with van der Waals surface area (Å²) < 4.78 is 5.13. The van der Waals surface area contributed by atoms with Gasteiger partial charge in [-0.05, 0) is 30.7 Å². The minimum absolute atomic E-state index is 0.165. The summed E-state index contributed by atoms with van der Waals surface area (Å²) in [6, 6.07) is 5.58. The van der Waals surface area contributed by atoms with E-state index in [1.807, 2.05) is 25.1 Å². The molecule has 4 heteroatoms. The molecule has 3 nitrogen and oxygen atoms in total. The van der Waals surface area contributed by atoms with Crippen LogP contribution >= 0.6 is 15.9 Å². The number of anilines is 1. The third kappa shape index (κ3) is 2.26. The Labute approximate surface area is 91.8 Å². The maximum absolute atomic E-state index is 11.0. The van der Waals surface area contributed by atoms with Gasteiger partial charge in [0.05, 0.1) is 7.11 Å². The second-order valence-electron chi connectivity index (χ2n) is 2.97. The number of hydrogen-bond donors (Lipinski definition) is 0. The van der Waals surface area contributed by atoms with Gasteiger partial charge in [-0.25, -0.2) is 0 Å². The number of nitrogens with zero attached hydrogens (tertiary/aromatic N) is 1. The van der Waals surface area contributed by atoms with Crippen molar-refractivity contribution in [3.63, 3.8) is 0 Å². The summed E-state index contributed by atoms with van der Waals surface area (Å²) in [7, 11) is 3.33. The first-order chi connectivity index (χ1) is 6.56. The zero-order valence-electron chi connectivity index (χ0n) is 8.37. The summed E-state index contributed by atoms with van der Waals surface area (Å²) in [5.41, 5.74) is 1.84. The number of carbonyl (C=O) groups is 1. The van der Waals surface area contributed by atoms with Crippen molar-refractivity contribution < 1.29 is 9.53 Å². The van der Waals surface area contributed by atoms with Crippen molar-refractivity contribution in [3.05, 3.63) is 23.8 Å². The average Bonchev–Trinajstić information content (AvgIpc) is 2.16. The van der Waals surface area contributed by atoms with Gasteiger partial charge in [0.1, 0.15) is 5.75 Å². The average molecular weight is 258 g/mol. The summed E-state index contributed by atoms with van der Waals surface area (Å²) >= 11 is 2.89. The van der Waals surface area contributed by atoms with Gasteiger partial charge < -0.3 is 9.64 Å². The van der Waals surface area contributed by atoms with Gasteiger partial charge in [0, 0.05) is 28.7 Å². The molecule has 0 heterocycles. The normalized spacial score (nSPS) is 9.71. The minimum atomic E-state index is -0.165. The van der Waals surface area contributed by atoms with Crippen LogP contribution in [0.15, 0.2) is 18.2 Å². The van der Waals surface area contributed by atoms with E-state index in [0.29, 0.717) is 0 Å². The molecule has 0 aliphatic carbocycles. The Morgan fingerprint density at radius 3 is 2.57 bits per heavy atom. The van der Waals surface area contributed by atoms with Crippen LogP contribution in [-0.4, -0.2) is 19.0 Å². The van der Waals surface area contributed by atoms with Crippen LogP contribution in [-0.2, 0) is 0 Å². The Morgan fingerprint density at radius 1 is 1.50 bits per heavy atom. The van der Waals surface area contributed by atoms with E-state index in [0.717, 1.165) is 17.0 Å². The van der Waals surface area contributed by atoms with Gasteiger partial charge in [0.15, 0.2) is 0 Å². The van der Waals surface area contributed by atoms with E-state index in [2.05, 4.69) is 15.9 Å². The molecule has 1 rings (SSSR count). The van der Waals surface area contributed by atoms with E-state index in [1.54, 1.807) is 14.2 Å². The number of ether oxygens (including phenoxy) is 1. The number of methoxy groups -OCH3 is 1. The van der Waals surface area contributed by atoms with Crippen LogP contribution in [0.1, 0.15) is 5.56 Å². The second kappa shape index (κ2) is 4.46. The fourth-order valence-corrected chi connectivity index (χ4v) is 1.38. The molecule has 14 heavy (non-hydrogen) atoms. The number of halogens is 1. The van der Waals surface area contributed by atoms with Gasteiger partial charge in [-0.1, -0.05) is 0 Å². The van der Waals surface area contributed by atoms with Crippen molar-refractivity contribution in [3.8, 4) is 5.75 Å². The lowest BCUT2D eigenvalue weighted by Gasteiger charge is -2.15. The molecule has 1 aromatic carbocycles. The summed E-state index contributed by atoms with van der Waals surface area (Å²) in [6.07, 6.45) is 0. The smallest absolute Gasteiger partial charge is 0.293 e. The number of rotatable bonds is 2. The molecule has 0 radical (unpaired) electrons. The predicted molar refractivity (Wildman–Crippen MR) is 60.5 cm³/mol. The van der Waals surface area contributed by atoms with Crippen LogP contribution in [0.3, 0.4) is 0 Å². The van der Waals surface area contributed by atoms with Crippen molar-refractivity contribution >= 4 is 26.4 Å². The minimum Gasteiger partial charge on any atom is -0.496 e. The SMILES string of the molecule is COc1ccc(N(C)C(=O)Br)cc1C. The largest absolute Gasteiger partial charge is 0.496 e. The number of aryl methyl sites for hydroxylation is 1. The molecule has 0 aromatic heterocycles. The van der Waals surface area contributed by atoms with Crippen molar-refractivity contribution in [1.82, 2.24) is 0 Å². The molecule has 1 amide bonds. The molecule has 0 bridgehead atoms. The summed E-state index contributed by atoms with van der Waals surface area (Å²) in [6.45, 7) is 1.94. The van der Waals surface area contributed by atoms with Crippen molar-refractivity contribution in [2.75, 3.05) is 19.1 Å². The lowest BCUT2D eigenvalue weighted by molar-refractivity contribution is 0.267. The van der Waals surface area contributed by atoms with E-state index >= 15 is 0 Å². The lowest BCUT2D eigenvalue weighted by Crippen LogP contribution is -2.19. The van der Waals surface area contributed by atoms with Gasteiger partial charge in [-0.2, -0.15) is 0 Å². The van der Waals surface area contributed by atoms with Crippen LogP contribution in [0.4, 0.5) is 10.5 Å². The predicted octanol–water partition coefficient (Wildman–Crippen LogP) is 2.95. The molecular weight excluding hydrogens is 246 g/mol. The molecule has 0 saturated heterocycles. The second-order valence-corrected chi connectivity index (χ2v) is 3.64. The maximum Gasteiger partial charge on any atom is 0.293 e. The van der Waals surface area contributed by atoms with Gasteiger partial charge >= 0.3 is 0 Å². The number of hydrogen-bond acceptors (Lipinski definition) is 2. The molecule has 0 unspecified atom stereocenters. The molecule has 0 aliphatic rings. The molecule has 0 aliphatic heterocycles. The monoisotopic (exact) mass is 257 g/mol. The van der Waals surface area contributed by atoms with Crippen molar-refractivity contribution in [2.45, 2.75) is 6.92 Å². The Morgan fingerprint density at radius 2 is 2.14 bits per heavy atom. The third-order valence-corrected chi connectivity index (χ3v) is 2.56. The summed E-state index contributed by atoms with van der Waals surface area (Å²) in [5.74, 6) is 0.823.